The summed E-state index contributed by atoms with van der Waals surface area (Å²) in [5.74, 6) is 0.749. The van der Waals surface area contributed by atoms with E-state index >= 15 is 0 Å². The number of nitrogen functional groups attached to an aromatic ring is 1. The Morgan fingerprint density at radius 3 is 2.53 bits per heavy atom. The molecule has 17 heavy (non-hydrogen) atoms. The van der Waals surface area contributed by atoms with Gasteiger partial charge in [-0.15, -0.1) is 0 Å². The molecule has 0 aliphatic heterocycles. The molecule has 3 nitrogen and oxygen atoms in total. The van der Waals surface area contributed by atoms with Gasteiger partial charge in [0, 0.05) is 23.5 Å². The molecule has 0 saturated carbocycles. The van der Waals surface area contributed by atoms with Crippen molar-refractivity contribution >= 4 is 17.6 Å². The van der Waals surface area contributed by atoms with Gasteiger partial charge in [-0.05, 0) is 24.3 Å². The standard InChI is InChI=1S/C14H14N2O/c1-17-13-8-7-11(14(15)9-13)10-16-12-5-3-2-4-6-12/h2-10H,15H2,1H3. The maximum absolute atomic E-state index is 5.89. The average molecular weight is 226 g/mol. The fraction of sp³-hybridized carbons (Fsp3) is 0.0714. The monoisotopic (exact) mass is 226 g/mol. The van der Waals surface area contributed by atoms with Crippen molar-refractivity contribution in [3.8, 4) is 5.75 Å². The Bertz CT molecular complexity index is 521. The van der Waals surface area contributed by atoms with Crippen LogP contribution in [-0.4, -0.2) is 13.3 Å². The molecule has 0 saturated heterocycles. The second-order valence-electron chi connectivity index (χ2n) is 3.59. The molecule has 0 fully saturated rings. The fourth-order valence-corrected chi connectivity index (χ4v) is 1.46. The van der Waals surface area contributed by atoms with Crippen LogP contribution >= 0.6 is 0 Å². The molecule has 0 heterocycles. The topological polar surface area (TPSA) is 47.6 Å². The molecule has 0 atom stereocenters. The molecule has 2 aromatic carbocycles. The van der Waals surface area contributed by atoms with Crippen LogP contribution in [0.15, 0.2) is 53.5 Å². The number of benzene rings is 2. The Balaban J connectivity index is 2.22. The van der Waals surface area contributed by atoms with Crippen LogP contribution in [0.1, 0.15) is 5.56 Å². The molecule has 0 aromatic heterocycles. The number of methoxy groups -OCH3 is 1. The number of nitrogens with zero attached hydrogens (tertiary/aromatic N) is 1. The van der Waals surface area contributed by atoms with Crippen molar-refractivity contribution in [2.75, 3.05) is 12.8 Å². The smallest absolute Gasteiger partial charge is 0.120 e. The van der Waals surface area contributed by atoms with Crippen molar-refractivity contribution in [3.63, 3.8) is 0 Å². The van der Waals surface area contributed by atoms with Gasteiger partial charge in [0.2, 0.25) is 0 Å². The quantitative estimate of drug-likeness (QED) is 0.646. The van der Waals surface area contributed by atoms with E-state index in [9.17, 15) is 0 Å². The average Bonchev–Trinajstić information content (AvgIpc) is 2.38. The number of rotatable bonds is 3. The normalized spacial score (nSPS) is 10.6. The van der Waals surface area contributed by atoms with Crippen LogP contribution in [0.25, 0.3) is 0 Å². The Hall–Kier alpha value is -2.29. The second kappa shape index (κ2) is 5.16. The minimum Gasteiger partial charge on any atom is -0.497 e. The lowest BCUT2D eigenvalue weighted by Crippen LogP contribution is -1.94. The van der Waals surface area contributed by atoms with Crippen molar-refractivity contribution in [1.82, 2.24) is 0 Å². The van der Waals surface area contributed by atoms with Crippen LogP contribution < -0.4 is 10.5 Å². The third kappa shape index (κ3) is 2.84. The first-order chi connectivity index (χ1) is 8.29. The summed E-state index contributed by atoms with van der Waals surface area (Å²) in [4.78, 5) is 4.35. The first kappa shape index (κ1) is 11.2. The third-order valence-corrected chi connectivity index (χ3v) is 2.40. The summed E-state index contributed by atoms with van der Waals surface area (Å²) in [7, 11) is 1.62. The van der Waals surface area contributed by atoms with Gasteiger partial charge < -0.3 is 10.5 Å². The molecule has 86 valence electrons. The van der Waals surface area contributed by atoms with Crippen LogP contribution in [0.4, 0.5) is 11.4 Å². The Labute approximate surface area is 101 Å². The minimum absolute atomic E-state index is 0.657. The summed E-state index contributed by atoms with van der Waals surface area (Å²) in [6.45, 7) is 0. The van der Waals surface area contributed by atoms with E-state index in [4.69, 9.17) is 10.5 Å². The van der Waals surface area contributed by atoms with Crippen molar-refractivity contribution in [3.05, 3.63) is 54.1 Å². The highest BCUT2D eigenvalue weighted by Crippen LogP contribution is 2.19. The molecule has 3 heteroatoms. The lowest BCUT2D eigenvalue weighted by atomic mass is 10.2. The number of anilines is 1. The Morgan fingerprint density at radius 1 is 1.12 bits per heavy atom. The molecule has 0 aliphatic rings. The summed E-state index contributed by atoms with van der Waals surface area (Å²) >= 11 is 0. The summed E-state index contributed by atoms with van der Waals surface area (Å²) in [6, 6.07) is 15.3. The van der Waals surface area contributed by atoms with E-state index in [0.29, 0.717) is 5.69 Å². The highest BCUT2D eigenvalue weighted by atomic mass is 16.5. The zero-order valence-electron chi connectivity index (χ0n) is 9.63. The molecule has 0 amide bonds. The van der Waals surface area contributed by atoms with E-state index < -0.39 is 0 Å². The second-order valence-corrected chi connectivity index (χ2v) is 3.59. The van der Waals surface area contributed by atoms with Gasteiger partial charge >= 0.3 is 0 Å². The maximum atomic E-state index is 5.89. The number of hydrogen-bond donors (Lipinski definition) is 1. The Kier molecular flexibility index (Phi) is 3.40. The minimum atomic E-state index is 0.657. The first-order valence-corrected chi connectivity index (χ1v) is 5.32. The molecule has 0 radical (unpaired) electrons. The van der Waals surface area contributed by atoms with Crippen LogP contribution in [0.5, 0.6) is 5.75 Å². The van der Waals surface area contributed by atoms with Crippen LogP contribution in [-0.2, 0) is 0 Å². The number of hydrogen-bond acceptors (Lipinski definition) is 3. The van der Waals surface area contributed by atoms with Gasteiger partial charge in [0.05, 0.1) is 12.8 Å². The zero-order valence-corrected chi connectivity index (χ0v) is 9.63. The predicted octanol–water partition coefficient (Wildman–Crippen LogP) is 3.03. The summed E-state index contributed by atoms with van der Waals surface area (Å²) < 4.78 is 5.09. The van der Waals surface area contributed by atoms with E-state index in [1.54, 1.807) is 19.4 Å². The lowest BCUT2D eigenvalue weighted by Gasteiger charge is -2.03. The lowest BCUT2D eigenvalue weighted by molar-refractivity contribution is 0.415. The highest BCUT2D eigenvalue weighted by Gasteiger charge is 1.98. The van der Waals surface area contributed by atoms with Gasteiger partial charge in [0.1, 0.15) is 5.75 Å². The largest absolute Gasteiger partial charge is 0.497 e. The van der Waals surface area contributed by atoms with E-state index in [-0.39, 0.29) is 0 Å². The SMILES string of the molecule is COc1ccc(C=Nc2ccccc2)c(N)c1. The highest BCUT2D eigenvalue weighted by molar-refractivity contribution is 5.88. The molecule has 0 aliphatic carbocycles. The van der Waals surface area contributed by atoms with Crippen LogP contribution in [0, 0.1) is 0 Å². The number of ether oxygens (including phenoxy) is 1. The first-order valence-electron chi connectivity index (χ1n) is 5.32. The molecule has 0 unspecified atom stereocenters. The summed E-state index contributed by atoms with van der Waals surface area (Å²) in [5.41, 5.74) is 8.34. The van der Waals surface area contributed by atoms with Crippen LogP contribution in [0.2, 0.25) is 0 Å². The molecular weight excluding hydrogens is 212 g/mol. The predicted molar refractivity (Wildman–Crippen MR) is 71.1 cm³/mol. The molecule has 2 rings (SSSR count). The van der Waals surface area contributed by atoms with Gasteiger partial charge in [-0.25, -0.2) is 0 Å². The van der Waals surface area contributed by atoms with Gasteiger partial charge in [-0.2, -0.15) is 0 Å². The maximum Gasteiger partial charge on any atom is 0.120 e. The van der Waals surface area contributed by atoms with E-state index in [0.717, 1.165) is 17.0 Å². The van der Waals surface area contributed by atoms with Gasteiger partial charge in [0.15, 0.2) is 0 Å². The van der Waals surface area contributed by atoms with Crippen molar-refractivity contribution < 1.29 is 4.74 Å². The van der Waals surface area contributed by atoms with E-state index in [1.165, 1.54) is 0 Å². The van der Waals surface area contributed by atoms with Crippen molar-refractivity contribution in [2.24, 2.45) is 4.99 Å². The summed E-state index contributed by atoms with van der Waals surface area (Å²) in [5, 5.41) is 0. The molecule has 2 N–H and O–H groups in total. The van der Waals surface area contributed by atoms with Crippen LogP contribution in [0.3, 0.4) is 0 Å². The van der Waals surface area contributed by atoms with Crippen molar-refractivity contribution in [2.45, 2.75) is 0 Å². The van der Waals surface area contributed by atoms with E-state index in [2.05, 4.69) is 4.99 Å². The molecule has 0 spiro atoms. The number of para-hydroxylation sites is 1. The van der Waals surface area contributed by atoms with Crippen molar-refractivity contribution in [1.29, 1.82) is 0 Å². The van der Waals surface area contributed by atoms with Gasteiger partial charge in [-0.1, -0.05) is 18.2 Å². The molecular formula is C14H14N2O. The molecule has 0 bridgehead atoms. The Morgan fingerprint density at radius 2 is 1.88 bits per heavy atom. The van der Waals surface area contributed by atoms with E-state index in [1.807, 2.05) is 42.5 Å². The zero-order chi connectivity index (χ0) is 12.1. The molecule has 2 aromatic rings. The fourth-order valence-electron chi connectivity index (χ4n) is 1.46. The summed E-state index contributed by atoms with van der Waals surface area (Å²) in [6.07, 6.45) is 1.75. The third-order valence-electron chi connectivity index (χ3n) is 2.40. The van der Waals surface area contributed by atoms with Gasteiger partial charge in [0.25, 0.3) is 0 Å². The number of nitrogens with two attached hydrogens (primary N) is 1. The number of aliphatic imine (C=N–C) groups is 1. The van der Waals surface area contributed by atoms with Gasteiger partial charge in [-0.3, -0.25) is 4.99 Å².